The molecule has 9 aromatic rings. The van der Waals surface area contributed by atoms with Crippen molar-refractivity contribution < 1.29 is 0 Å². The van der Waals surface area contributed by atoms with Crippen molar-refractivity contribution in [2.45, 2.75) is 12.3 Å². The molecule has 0 saturated heterocycles. The van der Waals surface area contributed by atoms with Gasteiger partial charge in [0.05, 0.1) is 33.9 Å². The Balaban J connectivity index is 1.15. The minimum Gasteiger partial charge on any atom is -0.246 e. The molecule has 0 atom stereocenters. The van der Waals surface area contributed by atoms with Crippen molar-refractivity contribution in [3.05, 3.63) is 240 Å². The maximum Gasteiger partial charge on any atom is 0.102 e. The molecule has 9 rings (SSSR count). The summed E-state index contributed by atoms with van der Waals surface area (Å²) in [6.07, 6.45) is 0. The quantitative estimate of drug-likeness (QED) is 0.137. The molecule has 0 radical (unpaired) electrons. The third-order valence-corrected chi connectivity index (χ3v) is 11.4. The van der Waals surface area contributed by atoms with Crippen LogP contribution >= 0.6 is 0 Å². The van der Waals surface area contributed by atoms with Gasteiger partial charge in [0.1, 0.15) is 12.1 Å². The van der Waals surface area contributed by atoms with Crippen molar-refractivity contribution in [1.29, 1.82) is 10.5 Å². The second kappa shape index (κ2) is 16.4. The van der Waals surface area contributed by atoms with Crippen molar-refractivity contribution in [2.24, 2.45) is 0 Å². The molecule has 4 heteroatoms. The largest absolute Gasteiger partial charge is 0.246 e. The van der Waals surface area contributed by atoms with Gasteiger partial charge in [0.25, 0.3) is 0 Å². The molecule has 2 heterocycles. The molecule has 0 aliphatic carbocycles. The van der Waals surface area contributed by atoms with Crippen LogP contribution in [0.2, 0.25) is 0 Å². The number of aromatic nitrogens is 2. The highest BCUT2D eigenvalue weighted by atomic mass is 14.7. The highest BCUT2D eigenvalue weighted by Crippen LogP contribution is 2.42. The van der Waals surface area contributed by atoms with Crippen LogP contribution < -0.4 is 0 Å². The SMILES string of the molecule is CC(c1ccccc1)(c1ccc(-c2nc(-c3ccccc3)cc(-c3ccccc3)c2C#N)cc1)c1ccc(-c2nc(-c3ccccc3)cc(-c3ccccc3)c2C#N)cc1. The Bertz CT molecular complexity index is 2820. The van der Waals surface area contributed by atoms with E-state index in [0.717, 1.165) is 72.6 Å². The molecule has 0 bridgehead atoms. The molecule has 0 unspecified atom stereocenters. The van der Waals surface area contributed by atoms with Crippen LogP contribution in [0.15, 0.2) is 212 Å². The summed E-state index contributed by atoms with van der Waals surface area (Å²) < 4.78 is 0. The number of pyridine rings is 2. The van der Waals surface area contributed by atoms with Gasteiger partial charge >= 0.3 is 0 Å². The normalized spacial score (nSPS) is 11.1. The van der Waals surface area contributed by atoms with E-state index in [0.29, 0.717) is 22.5 Å². The monoisotopic (exact) mass is 766 g/mol. The van der Waals surface area contributed by atoms with Gasteiger partial charge < -0.3 is 0 Å². The van der Waals surface area contributed by atoms with Crippen LogP contribution in [0.3, 0.4) is 0 Å². The maximum atomic E-state index is 10.6. The van der Waals surface area contributed by atoms with Gasteiger partial charge in [-0.2, -0.15) is 10.5 Å². The second-order valence-electron chi connectivity index (χ2n) is 14.9. The van der Waals surface area contributed by atoms with Crippen LogP contribution in [0, 0.1) is 22.7 Å². The van der Waals surface area contributed by atoms with E-state index in [-0.39, 0.29) is 0 Å². The van der Waals surface area contributed by atoms with Gasteiger partial charge in [-0.1, -0.05) is 200 Å². The topological polar surface area (TPSA) is 73.4 Å². The standard InChI is InChI=1S/C56H38N4/c1-56(45-25-15-6-16-26-45,46-31-27-43(28-32-46)54-50(37-57)48(39-17-7-2-8-18-39)35-52(59-54)41-21-11-4-12-22-41)47-33-29-44(30-34-47)55-51(38-58)49(40-19-9-3-10-20-40)36-53(60-55)42-23-13-5-14-24-42/h2-36H,1H3. The summed E-state index contributed by atoms with van der Waals surface area (Å²) >= 11 is 0. The molecular formula is C56H38N4. The van der Waals surface area contributed by atoms with Crippen molar-refractivity contribution in [1.82, 2.24) is 9.97 Å². The summed E-state index contributed by atoms with van der Waals surface area (Å²) in [5.74, 6) is 0. The van der Waals surface area contributed by atoms with Gasteiger partial charge in [0.2, 0.25) is 0 Å². The van der Waals surface area contributed by atoms with Crippen LogP contribution in [0.25, 0.3) is 67.3 Å². The molecule has 7 aromatic carbocycles. The Labute approximate surface area is 351 Å². The summed E-state index contributed by atoms with van der Waals surface area (Å²) in [5, 5.41) is 21.3. The molecule has 0 saturated carbocycles. The molecule has 60 heavy (non-hydrogen) atoms. The lowest BCUT2D eigenvalue weighted by atomic mass is 9.70. The molecule has 0 spiro atoms. The lowest BCUT2D eigenvalue weighted by Gasteiger charge is -2.32. The average Bonchev–Trinajstić information content (AvgIpc) is 3.34. The number of nitriles is 2. The maximum absolute atomic E-state index is 10.6. The van der Waals surface area contributed by atoms with Crippen LogP contribution in [-0.2, 0) is 5.41 Å². The van der Waals surface area contributed by atoms with E-state index in [9.17, 15) is 10.5 Å². The van der Waals surface area contributed by atoms with Crippen LogP contribution in [0.1, 0.15) is 34.7 Å². The van der Waals surface area contributed by atoms with Crippen molar-refractivity contribution in [3.63, 3.8) is 0 Å². The molecule has 0 aliphatic heterocycles. The molecule has 2 aromatic heterocycles. The Morgan fingerprint density at radius 2 is 0.650 bits per heavy atom. The summed E-state index contributed by atoms with van der Waals surface area (Å²) in [4.78, 5) is 10.3. The first-order chi connectivity index (χ1) is 29.5. The van der Waals surface area contributed by atoms with E-state index in [4.69, 9.17) is 9.97 Å². The zero-order valence-electron chi connectivity index (χ0n) is 33.0. The van der Waals surface area contributed by atoms with Crippen molar-refractivity contribution in [3.8, 4) is 79.4 Å². The summed E-state index contributed by atoms with van der Waals surface area (Å²) in [7, 11) is 0. The molecule has 282 valence electrons. The Kier molecular flexibility index (Phi) is 10.2. The number of hydrogen-bond acceptors (Lipinski definition) is 4. The van der Waals surface area contributed by atoms with E-state index in [1.165, 1.54) is 0 Å². The Morgan fingerprint density at radius 3 is 0.983 bits per heavy atom. The van der Waals surface area contributed by atoms with Crippen LogP contribution in [0.5, 0.6) is 0 Å². The molecular weight excluding hydrogens is 729 g/mol. The zero-order chi connectivity index (χ0) is 40.9. The van der Waals surface area contributed by atoms with Gasteiger partial charge in [-0.15, -0.1) is 0 Å². The van der Waals surface area contributed by atoms with Gasteiger partial charge in [-0.25, -0.2) is 9.97 Å². The smallest absolute Gasteiger partial charge is 0.102 e. The third kappa shape index (κ3) is 7.05. The molecule has 4 nitrogen and oxygen atoms in total. The van der Waals surface area contributed by atoms with Crippen molar-refractivity contribution >= 4 is 0 Å². The second-order valence-corrected chi connectivity index (χ2v) is 14.9. The fraction of sp³-hybridized carbons (Fsp3) is 0.0357. The predicted molar refractivity (Wildman–Crippen MR) is 243 cm³/mol. The Morgan fingerprint density at radius 1 is 0.350 bits per heavy atom. The van der Waals surface area contributed by atoms with Crippen LogP contribution in [0.4, 0.5) is 0 Å². The van der Waals surface area contributed by atoms with E-state index in [1.807, 2.05) is 140 Å². The minimum atomic E-state index is -0.558. The molecule has 0 amide bonds. The van der Waals surface area contributed by atoms with Crippen LogP contribution in [-0.4, -0.2) is 9.97 Å². The fourth-order valence-corrected chi connectivity index (χ4v) is 8.13. The first-order valence-electron chi connectivity index (χ1n) is 19.9. The number of nitrogens with zero attached hydrogens (tertiary/aromatic N) is 4. The molecule has 0 aliphatic rings. The highest BCUT2D eigenvalue weighted by molar-refractivity contribution is 5.85. The fourth-order valence-electron chi connectivity index (χ4n) is 8.13. The number of hydrogen-bond donors (Lipinski definition) is 0. The van der Waals surface area contributed by atoms with Gasteiger partial charge in [0, 0.05) is 38.8 Å². The third-order valence-electron chi connectivity index (χ3n) is 11.4. The Hall–Kier alpha value is -8.18. The molecule has 0 fully saturated rings. The minimum absolute atomic E-state index is 0.534. The first kappa shape index (κ1) is 37.4. The lowest BCUT2D eigenvalue weighted by molar-refractivity contribution is 0.693. The lowest BCUT2D eigenvalue weighted by Crippen LogP contribution is -2.25. The van der Waals surface area contributed by atoms with Gasteiger partial charge in [-0.3, -0.25) is 0 Å². The number of benzene rings is 7. The summed E-state index contributed by atoms with van der Waals surface area (Å²) in [6.45, 7) is 2.25. The summed E-state index contributed by atoms with van der Waals surface area (Å²) in [5.41, 5.74) is 14.0. The average molecular weight is 767 g/mol. The van der Waals surface area contributed by atoms with Gasteiger partial charge in [-0.05, 0) is 46.9 Å². The highest BCUT2D eigenvalue weighted by Gasteiger charge is 2.32. The summed E-state index contributed by atoms with van der Waals surface area (Å²) in [6, 6.07) is 76.8. The van der Waals surface area contributed by atoms with E-state index in [2.05, 4.69) is 91.9 Å². The van der Waals surface area contributed by atoms with Gasteiger partial charge in [0.15, 0.2) is 0 Å². The predicted octanol–water partition coefficient (Wildman–Crippen LogP) is 13.6. The van der Waals surface area contributed by atoms with E-state index in [1.54, 1.807) is 0 Å². The van der Waals surface area contributed by atoms with E-state index >= 15 is 0 Å². The first-order valence-corrected chi connectivity index (χ1v) is 19.9. The van der Waals surface area contributed by atoms with Crippen molar-refractivity contribution in [2.75, 3.05) is 0 Å². The molecule has 0 N–H and O–H groups in total. The zero-order valence-corrected chi connectivity index (χ0v) is 33.0. The van der Waals surface area contributed by atoms with E-state index < -0.39 is 5.41 Å². The number of rotatable bonds is 9.